The van der Waals surface area contributed by atoms with Gasteiger partial charge in [-0.15, -0.1) is 11.8 Å². The number of benzene rings is 2. The largest absolute Gasteiger partial charge is 0.493 e. The Labute approximate surface area is 185 Å². The number of oxazole rings is 1. The quantitative estimate of drug-likeness (QED) is 0.460. The predicted molar refractivity (Wildman–Crippen MR) is 119 cm³/mol. The van der Waals surface area contributed by atoms with Gasteiger partial charge < -0.3 is 23.7 Å². The molecule has 2 aromatic carbocycles. The minimum atomic E-state index is -0.812. The molecule has 0 saturated heterocycles. The number of hydrogen-bond donors (Lipinski definition) is 1. The van der Waals surface area contributed by atoms with Crippen LogP contribution in [0.1, 0.15) is 17.0 Å². The van der Waals surface area contributed by atoms with Gasteiger partial charge in [0, 0.05) is 17.7 Å². The molecule has 3 aromatic rings. The van der Waals surface area contributed by atoms with Crippen LogP contribution < -0.4 is 14.2 Å². The number of thioether (sulfide) groups is 1. The van der Waals surface area contributed by atoms with Crippen LogP contribution >= 0.6 is 11.8 Å². The Morgan fingerprint density at radius 3 is 2.68 bits per heavy atom. The molecule has 0 unspecified atom stereocenters. The minimum Gasteiger partial charge on any atom is -0.493 e. The van der Waals surface area contributed by atoms with Gasteiger partial charge in [-0.1, -0.05) is 12.1 Å². The highest BCUT2D eigenvalue weighted by Crippen LogP contribution is 2.32. The highest BCUT2D eigenvalue weighted by Gasteiger charge is 2.14. The van der Waals surface area contributed by atoms with E-state index in [2.05, 4.69) is 4.98 Å². The molecule has 8 heteroatoms. The van der Waals surface area contributed by atoms with Crippen molar-refractivity contribution in [2.24, 2.45) is 0 Å². The zero-order valence-electron chi connectivity index (χ0n) is 17.7. The summed E-state index contributed by atoms with van der Waals surface area (Å²) in [7, 11) is 3.18. The van der Waals surface area contributed by atoms with E-state index < -0.39 is 5.97 Å². The van der Waals surface area contributed by atoms with Gasteiger partial charge in [-0.05, 0) is 42.8 Å². The Morgan fingerprint density at radius 2 is 1.94 bits per heavy atom. The van der Waals surface area contributed by atoms with Gasteiger partial charge in [0.2, 0.25) is 5.89 Å². The Kier molecular flexibility index (Phi) is 7.83. The van der Waals surface area contributed by atoms with Gasteiger partial charge in [0.15, 0.2) is 11.5 Å². The van der Waals surface area contributed by atoms with E-state index in [1.165, 1.54) is 11.8 Å². The number of nitrogens with zero attached hydrogens (tertiary/aromatic N) is 1. The zero-order valence-corrected chi connectivity index (χ0v) is 18.5. The number of methoxy groups -OCH3 is 2. The second kappa shape index (κ2) is 10.8. The molecule has 0 saturated carbocycles. The van der Waals surface area contributed by atoms with Gasteiger partial charge in [-0.2, -0.15) is 0 Å². The molecule has 0 aliphatic rings. The van der Waals surface area contributed by atoms with Crippen LogP contribution in [-0.4, -0.2) is 42.6 Å². The topological polar surface area (TPSA) is 91.0 Å². The lowest BCUT2D eigenvalue weighted by atomic mass is 10.2. The number of carboxylic acid groups (broad SMARTS) is 1. The van der Waals surface area contributed by atoms with Crippen LogP contribution in [-0.2, 0) is 17.0 Å². The van der Waals surface area contributed by atoms with Crippen molar-refractivity contribution >= 4 is 17.7 Å². The summed E-state index contributed by atoms with van der Waals surface area (Å²) in [4.78, 5) is 15.3. The maximum absolute atomic E-state index is 10.6. The number of aliphatic carboxylic acids is 1. The van der Waals surface area contributed by atoms with Crippen molar-refractivity contribution in [2.45, 2.75) is 19.1 Å². The maximum Gasteiger partial charge on any atom is 0.313 e. The van der Waals surface area contributed by atoms with Crippen molar-refractivity contribution in [2.75, 3.05) is 26.6 Å². The van der Waals surface area contributed by atoms with E-state index in [0.717, 1.165) is 28.3 Å². The molecule has 0 spiro atoms. The van der Waals surface area contributed by atoms with E-state index in [-0.39, 0.29) is 5.75 Å². The molecule has 31 heavy (non-hydrogen) atoms. The van der Waals surface area contributed by atoms with Gasteiger partial charge in [0.1, 0.15) is 11.5 Å². The molecule has 3 rings (SSSR count). The monoisotopic (exact) mass is 443 g/mol. The standard InChI is InChI=1S/C23H25NO6S/c1-15-19(24-23(30-15)17-7-8-20(27-2)21(12-17)28-3)9-10-29-18-6-4-5-16(11-18)13-31-14-22(25)26/h4-8,11-12H,9-10,13-14H2,1-3H3,(H,25,26). The van der Waals surface area contributed by atoms with Crippen LogP contribution in [0.15, 0.2) is 46.9 Å². The van der Waals surface area contributed by atoms with E-state index >= 15 is 0 Å². The van der Waals surface area contributed by atoms with E-state index in [1.54, 1.807) is 14.2 Å². The molecular weight excluding hydrogens is 418 g/mol. The molecule has 0 aliphatic carbocycles. The van der Waals surface area contributed by atoms with Crippen molar-refractivity contribution in [1.29, 1.82) is 0 Å². The number of rotatable bonds is 11. The first-order valence-electron chi connectivity index (χ1n) is 9.70. The SMILES string of the molecule is COc1ccc(-c2nc(CCOc3cccc(CSCC(=O)O)c3)c(C)o2)cc1OC. The summed E-state index contributed by atoms with van der Waals surface area (Å²) in [6.45, 7) is 2.33. The smallest absolute Gasteiger partial charge is 0.313 e. The third-order valence-corrected chi connectivity index (χ3v) is 5.51. The fourth-order valence-corrected chi connectivity index (χ4v) is 3.69. The molecule has 0 radical (unpaired) electrons. The summed E-state index contributed by atoms with van der Waals surface area (Å²) in [5.74, 6) is 3.16. The summed E-state index contributed by atoms with van der Waals surface area (Å²) in [5.41, 5.74) is 2.66. The van der Waals surface area contributed by atoms with Crippen LogP contribution in [0.2, 0.25) is 0 Å². The fraction of sp³-hybridized carbons (Fsp3) is 0.304. The lowest BCUT2D eigenvalue weighted by Gasteiger charge is -2.08. The minimum absolute atomic E-state index is 0.0823. The molecule has 1 N–H and O–H groups in total. The van der Waals surface area contributed by atoms with Crippen LogP contribution in [0.5, 0.6) is 17.2 Å². The fourth-order valence-electron chi connectivity index (χ4n) is 3.00. The molecule has 7 nitrogen and oxygen atoms in total. The number of aromatic nitrogens is 1. The van der Waals surface area contributed by atoms with Crippen molar-refractivity contribution in [1.82, 2.24) is 4.98 Å². The lowest BCUT2D eigenvalue weighted by molar-refractivity contribution is -0.133. The molecule has 1 aromatic heterocycles. The average Bonchev–Trinajstić information content (AvgIpc) is 3.14. The summed E-state index contributed by atoms with van der Waals surface area (Å²) < 4.78 is 22.3. The normalized spacial score (nSPS) is 10.7. The molecule has 0 aliphatic heterocycles. The summed E-state index contributed by atoms with van der Waals surface area (Å²) in [5, 5.41) is 8.75. The Morgan fingerprint density at radius 1 is 1.13 bits per heavy atom. The third kappa shape index (κ3) is 6.18. The maximum atomic E-state index is 10.6. The Hall–Kier alpha value is -3.13. The Bertz CT molecular complexity index is 1030. The first-order chi connectivity index (χ1) is 15.0. The molecule has 0 bridgehead atoms. The number of ether oxygens (including phenoxy) is 3. The van der Waals surface area contributed by atoms with E-state index in [4.69, 9.17) is 23.7 Å². The summed E-state index contributed by atoms with van der Waals surface area (Å²) >= 11 is 1.36. The number of aryl methyl sites for hydroxylation is 1. The van der Waals surface area contributed by atoms with Gasteiger partial charge in [-0.3, -0.25) is 4.79 Å². The molecule has 0 atom stereocenters. The van der Waals surface area contributed by atoms with Gasteiger partial charge in [0.25, 0.3) is 0 Å². The molecule has 0 fully saturated rings. The highest BCUT2D eigenvalue weighted by atomic mass is 32.2. The molecule has 164 valence electrons. The summed E-state index contributed by atoms with van der Waals surface area (Å²) in [6.07, 6.45) is 0.598. The third-order valence-electron chi connectivity index (χ3n) is 4.52. The van der Waals surface area contributed by atoms with Crippen LogP contribution in [0, 0.1) is 6.92 Å². The van der Waals surface area contributed by atoms with Crippen molar-refractivity contribution in [3.8, 4) is 28.7 Å². The van der Waals surface area contributed by atoms with Crippen LogP contribution in [0.4, 0.5) is 0 Å². The molecule has 0 amide bonds. The van der Waals surface area contributed by atoms with Crippen molar-refractivity contribution in [3.05, 3.63) is 59.5 Å². The molecular formula is C23H25NO6S. The van der Waals surface area contributed by atoms with Gasteiger partial charge >= 0.3 is 5.97 Å². The lowest BCUT2D eigenvalue weighted by Crippen LogP contribution is -2.03. The van der Waals surface area contributed by atoms with E-state index in [0.29, 0.717) is 36.2 Å². The second-order valence-electron chi connectivity index (χ2n) is 6.72. The predicted octanol–water partition coefficient (Wildman–Crippen LogP) is 4.61. The van der Waals surface area contributed by atoms with Gasteiger partial charge in [0.05, 0.1) is 32.3 Å². The van der Waals surface area contributed by atoms with E-state index in [9.17, 15) is 4.79 Å². The number of hydrogen-bond acceptors (Lipinski definition) is 7. The van der Waals surface area contributed by atoms with Crippen LogP contribution in [0.3, 0.4) is 0 Å². The highest BCUT2D eigenvalue weighted by molar-refractivity contribution is 7.99. The van der Waals surface area contributed by atoms with Gasteiger partial charge in [-0.25, -0.2) is 4.98 Å². The number of carbonyl (C=O) groups is 1. The van der Waals surface area contributed by atoms with E-state index in [1.807, 2.05) is 49.4 Å². The Balaban J connectivity index is 1.60. The second-order valence-corrected chi connectivity index (χ2v) is 7.71. The average molecular weight is 444 g/mol. The molecule has 1 heterocycles. The zero-order chi connectivity index (χ0) is 22.2. The van der Waals surface area contributed by atoms with Crippen LogP contribution in [0.25, 0.3) is 11.5 Å². The van der Waals surface area contributed by atoms with Crippen molar-refractivity contribution < 1.29 is 28.5 Å². The first kappa shape index (κ1) is 22.6. The summed E-state index contributed by atoms with van der Waals surface area (Å²) in [6, 6.07) is 13.2. The number of carboxylic acids is 1. The first-order valence-corrected chi connectivity index (χ1v) is 10.9. The van der Waals surface area contributed by atoms with Crippen molar-refractivity contribution in [3.63, 3.8) is 0 Å².